The van der Waals surface area contributed by atoms with Crippen molar-refractivity contribution in [3.05, 3.63) is 46.1 Å². The Morgan fingerprint density at radius 1 is 1.03 bits per heavy atom. The van der Waals surface area contributed by atoms with Crippen LogP contribution in [0.25, 0.3) is 0 Å². The van der Waals surface area contributed by atoms with E-state index >= 15 is 0 Å². The van der Waals surface area contributed by atoms with Crippen molar-refractivity contribution in [1.29, 1.82) is 0 Å². The molecule has 0 bridgehead atoms. The second-order valence-corrected chi connectivity index (χ2v) is 9.53. The largest absolute Gasteiger partial charge is 0.370 e. The number of carbonyl (C=O) groups is 1. The molecule has 1 aromatic heterocycles. The molecular formula is C21H25Cl2N5OS. The van der Waals surface area contributed by atoms with E-state index in [1.165, 1.54) is 17.2 Å². The van der Waals surface area contributed by atoms with Gasteiger partial charge in [-0.1, -0.05) is 23.2 Å². The van der Waals surface area contributed by atoms with Gasteiger partial charge in [-0.05, 0) is 36.8 Å². The van der Waals surface area contributed by atoms with Crippen molar-refractivity contribution < 1.29 is 4.79 Å². The predicted octanol–water partition coefficient (Wildman–Crippen LogP) is 4.60. The molecule has 0 saturated carbocycles. The molecule has 2 aliphatic heterocycles. The highest BCUT2D eigenvalue weighted by atomic mass is 35.5. The number of aromatic nitrogens is 1. The van der Waals surface area contributed by atoms with Gasteiger partial charge < -0.3 is 20.0 Å². The average molecular weight is 466 g/mol. The number of hydrogen-bond acceptors (Lipinski definition) is 5. The van der Waals surface area contributed by atoms with Crippen LogP contribution in [0.2, 0.25) is 10.0 Å². The molecule has 160 valence electrons. The van der Waals surface area contributed by atoms with Gasteiger partial charge >= 0.3 is 6.03 Å². The minimum atomic E-state index is -0.0740. The molecule has 3 heterocycles. The molecule has 0 spiro atoms. The Hall–Kier alpha value is -1.83. The highest BCUT2D eigenvalue weighted by Gasteiger charge is 2.24. The number of halogens is 2. The van der Waals surface area contributed by atoms with E-state index in [9.17, 15) is 4.79 Å². The van der Waals surface area contributed by atoms with Gasteiger partial charge in [0.05, 0.1) is 10.0 Å². The number of carbonyl (C=O) groups excluding carboxylic acids is 1. The summed E-state index contributed by atoms with van der Waals surface area (Å²) in [5, 5.41) is 4.12. The van der Waals surface area contributed by atoms with Crippen LogP contribution in [0.1, 0.15) is 5.56 Å². The number of nitrogens with zero attached hydrogens (tertiary/aromatic N) is 4. The molecule has 2 saturated heterocycles. The SMILES string of the molecule is Cc1cc(N2CCSCC2)ccc1NC(=O)N1CCN(c2ncc(Cl)cc2Cl)CC1. The molecular weight excluding hydrogens is 441 g/mol. The number of anilines is 3. The number of aryl methyl sites for hydroxylation is 1. The second-order valence-electron chi connectivity index (χ2n) is 7.46. The molecule has 0 unspecified atom stereocenters. The third-order valence-corrected chi connectivity index (χ3v) is 6.91. The van der Waals surface area contributed by atoms with Crippen molar-refractivity contribution in [2.24, 2.45) is 0 Å². The Bertz CT molecular complexity index is 914. The maximum atomic E-state index is 12.8. The first-order valence-corrected chi connectivity index (χ1v) is 12.0. The number of pyridine rings is 1. The lowest BCUT2D eigenvalue weighted by Crippen LogP contribution is -2.50. The van der Waals surface area contributed by atoms with Gasteiger partial charge in [0.15, 0.2) is 0 Å². The first-order valence-electron chi connectivity index (χ1n) is 10.1. The van der Waals surface area contributed by atoms with Crippen LogP contribution in [0, 0.1) is 6.92 Å². The summed E-state index contributed by atoms with van der Waals surface area (Å²) < 4.78 is 0. The zero-order valence-corrected chi connectivity index (χ0v) is 19.2. The highest BCUT2D eigenvalue weighted by Crippen LogP contribution is 2.28. The minimum absolute atomic E-state index is 0.0740. The van der Waals surface area contributed by atoms with Gasteiger partial charge in [-0.3, -0.25) is 0 Å². The van der Waals surface area contributed by atoms with E-state index in [1.807, 2.05) is 29.7 Å². The third kappa shape index (κ3) is 4.90. The fraction of sp³-hybridized carbons (Fsp3) is 0.429. The van der Waals surface area contributed by atoms with Gasteiger partial charge in [-0.25, -0.2) is 9.78 Å². The van der Waals surface area contributed by atoms with Crippen molar-refractivity contribution >= 4 is 58.2 Å². The quantitative estimate of drug-likeness (QED) is 0.717. The van der Waals surface area contributed by atoms with Crippen LogP contribution in [0.4, 0.5) is 22.0 Å². The number of nitrogens with one attached hydrogen (secondary N) is 1. The lowest BCUT2D eigenvalue weighted by atomic mass is 10.1. The van der Waals surface area contributed by atoms with Gasteiger partial charge in [0.1, 0.15) is 5.82 Å². The minimum Gasteiger partial charge on any atom is -0.370 e. The monoisotopic (exact) mass is 465 g/mol. The summed E-state index contributed by atoms with van der Waals surface area (Å²) in [7, 11) is 0. The molecule has 1 aromatic carbocycles. The van der Waals surface area contributed by atoms with Crippen molar-refractivity contribution in [3.8, 4) is 0 Å². The van der Waals surface area contributed by atoms with Crippen LogP contribution >= 0.6 is 35.0 Å². The number of hydrogen-bond donors (Lipinski definition) is 1. The van der Waals surface area contributed by atoms with Gasteiger partial charge in [-0.2, -0.15) is 11.8 Å². The highest BCUT2D eigenvalue weighted by molar-refractivity contribution is 7.99. The molecule has 2 amide bonds. The number of benzene rings is 1. The van der Waals surface area contributed by atoms with E-state index in [2.05, 4.69) is 32.2 Å². The Morgan fingerprint density at radius 2 is 1.77 bits per heavy atom. The van der Waals surface area contributed by atoms with E-state index in [0.29, 0.717) is 42.0 Å². The van der Waals surface area contributed by atoms with Crippen molar-refractivity contribution in [1.82, 2.24) is 9.88 Å². The summed E-state index contributed by atoms with van der Waals surface area (Å²) in [5.41, 5.74) is 3.17. The summed E-state index contributed by atoms with van der Waals surface area (Å²) in [6.45, 7) is 6.76. The molecule has 0 aliphatic carbocycles. The van der Waals surface area contributed by atoms with E-state index in [1.54, 1.807) is 12.3 Å². The van der Waals surface area contributed by atoms with Crippen LogP contribution in [-0.4, -0.2) is 66.7 Å². The zero-order valence-electron chi connectivity index (χ0n) is 16.9. The van der Waals surface area contributed by atoms with Gasteiger partial charge in [0, 0.05) is 68.3 Å². The summed E-state index contributed by atoms with van der Waals surface area (Å²) in [6.07, 6.45) is 1.59. The van der Waals surface area contributed by atoms with Crippen molar-refractivity contribution in [3.63, 3.8) is 0 Å². The lowest BCUT2D eigenvalue weighted by Gasteiger charge is -2.35. The van der Waals surface area contributed by atoms with Crippen LogP contribution in [-0.2, 0) is 0 Å². The van der Waals surface area contributed by atoms with Crippen LogP contribution in [0.3, 0.4) is 0 Å². The molecule has 1 N–H and O–H groups in total. The molecule has 2 fully saturated rings. The molecule has 2 aliphatic rings. The Kier molecular flexibility index (Phi) is 6.80. The third-order valence-electron chi connectivity index (χ3n) is 5.48. The second kappa shape index (κ2) is 9.54. The van der Waals surface area contributed by atoms with E-state index in [-0.39, 0.29) is 6.03 Å². The zero-order chi connectivity index (χ0) is 21.1. The van der Waals surface area contributed by atoms with Crippen LogP contribution < -0.4 is 15.1 Å². The van der Waals surface area contributed by atoms with Crippen molar-refractivity contribution in [2.75, 3.05) is 65.9 Å². The number of urea groups is 1. The molecule has 2 aromatic rings. The Morgan fingerprint density at radius 3 is 2.43 bits per heavy atom. The van der Waals surface area contributed by atoms with E-state index in [0.717, 1.165) is 24.3 Å². The molecule has 4 rings (SSSR count). The predicted molar refractivity (Wildman–Crippen MR) is 128 cm³/mol. The Balaban J connectivity index is 1.34. The van der Waals surface area contributed by atoms with E-state index in [4.69, 9.17) is 23.2 Å². The standard InChI is InChI=1S/C21H25Cl2N5OS/c1-15-12-17(26-8-10-30-11-9-26)2-3-19(15)25-21(29)28-6-4-27(5-7-28)20-18(23)13-16(22)14-24-20/h2-3,12-14H,4-11H2,1H3,(H,25,29). The van der Waals surface area contributed by atoms with Gasteiger partial charge in [0.25, 0.3) is 0 Å². The first-order chi connectivity index (χ1) is 14.5. The first kappa shape index (κ1) is 21.4. The summed E-state index contributed by atoms with van der Waals surface area (Å²) in [4.78, 5) is 23.4. The molecule has 6 nitrogen and oxygen atoms in total. The number of piperazine rings is 1. The molecule has 30 heavy (non-hydrogen) atoms. The maximum Gasteiger partial charge on any atom is 0.321 e. The van der Waals surface area contributed by atoms with Crippen LogP contribution in [0.5, 0.6) is 0 Å². The topological polar surface area (TPSA) is 51.7 Å². The summed E-state index contributed by atoms with van der Waals surface area (Å²) in [6, 6.07) is 7.90. The summed E-state index contributed by atoms with van der Waals surface area (Å²) >= 11 is 14.2. The lowest BCUT2D eigenvalue weighted by molar-refractivity contribution is 0.208. The van der Waals surface area contributed by atoms with Gasteiger partial charge in [-0.15, -0.1) is 0 Å². The Labute approximate surface area is 191 Å². The molecule has 0 radical (unpaired) electrons. The summed E-state index contributed by atoms with van der Waals surface area (Å²) in [5.74, 6) is 3.05. The van der Waals surface area contributed by atoms with E-state index < -0.39 is 0 Å². The number of rotatable bonds is 3. The average Bonchev–Trinajstić information content (AvgIpc) is 2.76. The smallest absolute Gasteiger partial charge is 0.321 e. The normalized spacial score (nSPS) is 17.2. The number of thioether (sulfide) groups is 1. The van der Waals surface area contributed by atoms with Gasteiger partial charge in [0.2, 0.25) is 0 Å². The maximum absolute atomic E-state index is 12.8. The van der Waals surface area contributed by atoms with Crippen LogP contribution in [0.15, 0.2) is 30.5 Å². The fourth-order valence-corrected chi connectivity index (χ4v) is 5.16. The fourth-order valence-electron chi connectivity index (χ4n) is 3.76. The number of amides is 2. The van der Waals surface area contributed by atoms with Crippen molar-refractivity contribution in [2.45, 2.75) is 6.92 Å². The molecule has 9 heteroatoms. The molecule has 0 atom stereocenters.